The zero-order valence-corrected chi connectivity index (χ0v) is 12.5. The van der Waals surface area contributed by atoms with Crippen molar-refractivity contribution in [3.8, 4) is 0 Å². The average Bonchev–Trinajstić information content (AvgIpc) is 2.37. The summed E-state index contributed by atoms with van der Waals surface area (Å²) in [6.45, 7) is 7.64. The van der Waals surface area contributed by atoms with Crippen molar-refractivity contribution in [2.24, 2.45) is 0 Å². The summed E-state index contributed by atoms with van der Waals surface area (Å²) in [5, 5.41) is 7.23. The van der Waals surface area contributed by atoms with Crippen molar-refractivity contribution in [1.29, 1.82) is 0 Å². The number of hydrogen-bond donors (Lipinski definition) is 2. The van der Waals surface area contributed by atoms with E-state index in [4.69, 9.17) is 4.74 Å². The monoisotopic (exact) mass is 270 g/mol. The number of methoxy groups -OCH3 is 1. The number of thioether (sulfide) groups is 1. The molecular weight excluding hydrogens is 248 g/mol. The Balaban J connectivity index is 2.78. The summed E-state index contributed by atoms with van der Waals surface area (Å²) in [5.74, 6) is 1.66. The van der Waals surface area contributed by atoms with Gasteiger partial charge in [-0.25, -0.2) is 9.97 Å². The minimum atomic E-state index is -0.219. The molecule has 2 N–H and O–H groups in total. The summed E-state index contributed by atoms with van der Waals surface area (Å²) in [5.41, 5.74) is -0.219. The Kier molecular flexibility index (Phi) is 5.68. The first kappa shape index (κ1) is 15.0. The standard InChI is InChI=1S/C12H22N4OS/c1-6-13-9-7-10(16-11(15-9)18-5)14-8-12(2,3)17-4/h7H,6,8H2,1-5H3,(H2,13,14,15,16). The zero-order chi connectivity index (χ0) is 13.6. The van der Waals surface area contributed by atoms with Gasteiger partial charge in [-0.15, -0.1) is 0 Å². The van der Waals surface area contributed by atoms with Crippen molar-refractivity contribution in [2.75, 3.05) is 37.1 Å². The quantitative estimate of drug-likeness (QED) is 0.586. The first-order valence-corrected chi connectivity index (χ1v) is 7.19. The lowest BCUT2D eigenvalue weighted by Gasteiger charge is -2.23. The Hall–Kier alpha value is -1.01. The van der Waals surface area contributed by atoms with Crippen LogP contribution in [0.25, 0.3) is 0 Å². The highest BCUT2D eigenvalue weighted by Crippen LogP contribution is 2.18. The van der Waals surface area contributed by atoms with E-state index < -0.39 is 0 Å². The van der Waals surface area contributed by atoms with Gasteiger partial charge in [0, 0.05) is 26.3 Å². The molecule has 0 aliphatic heterocycles. The molecule has 0 spiro atoms. The lowest BCUT2D eigenvalue weighted by molar-refractivity contribution is 0.0343. The molecule has 5 nitrogen and oxygen atoms in total. The van der Waals surface area contributed by atoms with Gasteiger partial charge in [0.2, 0.25) is 0 Å². The molecule has 1 aromatic heterocycles. The molecule has 102 valence electrons. The number of rotatable bonds is 7. The lowest BCUT2D eigenvalue weighted by Crippen LogP contribution is -2.32. The molecule has 0 saturated carbocycles. The van der Waals surface area contributed by atoms with E-state index in [0.29, 0.717) is 6.54 Å². The third-order valence-corrected chi connectivity index (χ3v) is 3.04. The maximum Gasteiger partial charge on any atom is 0.191 e. The van der Waals surface area contributed by atoms with Gasteiger partial charge in [0.25, 0.3) is 0 Å². The van der Waals surface area contributed by atoms with Gasteiger partial charge >= 0.3 is 0 Å². The van der Waals surface area contributed by atoms with Gasteiger partial charge < -0.3 is 15.4 Å². The SMILES string of the molecule is CCNc1cc(NCC(C)(C)OC)nc(SC)n1. The first-order valence-electron chi connectivity index (χ1n) is 5.96. The van der Waals surface area contributed by atoms with Crippen LogP contribution in [0.5, 0.6) is 0 Å². The van der Waals surface area contributed by atoms with E-state index in [1.165, 1.54) is 11.8 Å². The van der Waals surface area contributed by atoms with E-state index in [-0.39, 0.29) is 5.60 Å². The van der Waals surface area contributed by atoms with Crippen molar-refractivity contribution < 1.29 is 4.74 Å². The molecule has 18 heavy (non-hydrogen) atoms. The maximum absolute atomic E-state index is 5.37. The average molecular weight is 270 g/mol. The van der Waals surface area contributed by atoms with Crippen LogP contribution in [0.1, 0.15) is 20.8 Å². The van der Waals surface area contributed by atoms with E-state index >= 15 is 0 Å². The van der Waals surface area contributed by atoms with Gasteiger partial charge in [-0.3, -0.25) is 0 Å². The normalized spacial score (nSPS) is 11.4. The minimum absolute atomic E-state index is 0.219. The number of nitrogens with one attached hydrogen (secondary N) is 2. The second-order valence-electron chi connectivity index (χ2n) is 4.47. The molecule has 1 aromatic rings. The van der Waals surface area contributed by atoms with Gasteiger partial charge in [-0.05, 0) is 27.0 Å². The summed E-state index contributed by atoms with van der Waals surface area (Å²) in [7, 11) is 1.71. The van der Waals surface area contributed by atoms with Gasteiger partial charge in [0.05, 0.1) is 5.60 Å². The molecule has 0 aromatic carbocycles. The molecule has 0 saturated heterocycles. The van der Waals surface area contributed by atoms with Crippen LogP contribution in [0.2, 0.25) is 0 Å². The highest BCUT2D eigenvalue weighted by Gasteiger charge is 2.16. The third-order valence-electron chi connectivity index (χ3n) is 2.49. The van der Waals surface area contributed by atoms with Crippen molar-refractivity contribution in [2.45, 2.75) is 31.5 Å². The topological polar surface area (TPSA) is 59.1 Å². The third kappa shape index (κ3) is 4.70. The van der Waals surface area contributed by atoms with Crippen molar-refractivity contribution in [3.63, 3.8) is 0 Å². The van der Waals surface area contributed by atoms with E-state index in [9.17, 15) is 0 Å². The molecule has 1 rings (SSSR count). The summed E-state index contributed by atoms with van der Waals surface area (Å²) < 4.78 is 5.37. The van der Waals surface area contributed by atoms with E-state index in [1.54, 1.807) is 7.11 Å². The number of anilines is 2. The van der Waals surface area contributed by atoms with Crippen molar-refractivity contribution >= 4 is 23.4 Å². The summed E-state index contributed by atoms with van der Waals surface area (Å²) in [6, 6.07) is 1.91. The summed E-state index contributed by atoms with van der Waals surface area (Å²) in [6.07, 6.45) is 1.97. The second kappa shape index (κ2) is 6.80. The highest BCUT2D eigenvalue weighted by molar-refractivity contribution is 7.98. The number of nitrogens with zero attached hydrogens (tertiary/aromatic N) is 2. The molecule has 0 unspecified atom stereocenters. The fraction of sp³-hybridized carbons (Fsp3) is 0.667. The lowest BCUT2D eigenvalue weighted by atomic mass is 10.1. The molecule has 0 bridgehead atoms. The molecule has 0 aliphatic rings. The van der Waals surface area contributed by atoms with Crippen LogP contribution in [0.3, 0.4) is 0 Å². The molecule has 0 radical (unpaired) electrons. The molecule has 0 fully saturated rings. The Morgan fingerprint density at radius 3 is 2.39 bits per heavy atom. The second-order valence-corrected chi connectivity index (χ2v) is 5.25. The predicted molar refractivity (Wildman–Crippen MR) is 77.6 cm³/mol. The van der Waals surface area contributed by atoms with Crippen molar-refractivity contribution in [3.05, 3.63) is 6.07 Å². The number of hydrogen-bond acceptors (Lipinski definition) is 6. The van der Waals surface area contributed by atoms with E-state index in [1.807, 2.05) is 33.1 Å². The molecule has 1 heterocycles. The van der Waals surface area contributed by atoms with Gasteiger partial charge in [-0.1, -0.05) is 11.8 Å². The Bertz CT molecular complexity index is 384. The Morgan fingerprint density at radius 1 is 1.28 bits per heavy atom. The molecule has 0 amide bonds. The van der Waals surface area contributed by atoms with Crippen molar-refractivity contribution in [1.82, 2.24) is 9.97 Å². The van der Waals surface area contributed by atoms with Crippen LogP contribution >= 0.6 is 11.8 Å². The van der Waals surface area contributed by atoms with Crippen LogP contribution in [0.4, 0.5) is 11.6 Å². The maximum atomic E-state index is 5.37. The molecule has 0 atom stereocenters. The van der Waals surface area contributed by atoms with Gasteiger partial charge in [0.15, 0.2) is 5.16 Å². The fourth-order valence-electron chi connectivity index (χ4n) is 1.25. The van der Waals surface area contributed by atoms with Crippen LogP contribution < -0.4 is 10.6 Å². The van der Waals surface area contributed by atoms with Crippen LogP contribution in [-0.4, -0.2) is 42.0 Å². The molecule has 6 heteroatoms. The van der Waals surface area contributed by atoms with Gasteiger partial charge in [0.1, 0.15) is 11.6 Å². The number of aromatic nitrogens is 2. The Morgan fingerprint density at radius 2 is 1.89 bits per heavy atom. The minimum Gasteiger partial charge on any atom is -0.377 e. The van der Waals surface area contributed by atoms with Crippen LogP contribution in [0.15, 0.2) is 11.2 Å². The van der Waals surface area contributed by atoms with E-state index in [0.717, 1.165) is 23.3 Å². The van der Waals surface area contributed by atoms with Crippen LogP contribution in [0, 0.1) is 0 Å². The Labute approximate surface area is 113 Å². The molecular formula is C12H22N4OS. The van der Waals surface area contributed by atoms with E-state index in [2.05, 4.69) is 20.6 Å². The zero-order valence-electron chi connectivity index (χ0n) is 11.7. The number of ether oxygens (including phenoxy) is 1. The highest BCUT2D eigenvalue weighted by atomic mass is 32.2. The van der Waals surface area contributed by atoms with Crippen LogP contribution in [-0.2, 0) is 4.74 Å². The predicted octanol–water partition coefficient (Wildman–Crippen LogP) is 2.47. The smallest absolute Gasteiger partial charge is 0.191 e. The van der Waals surface area contributed by atoms with Gasteiger partial charge in [-0.2, -0.15) is 0 Å². The summed E-state index contributed by atoms with van der Waals surface area (Å²) in [4.78, 5) is 8.79. The fourth-order valence-corrected chi connectivity index (χ4v) is 1.63. The largest absolute Gasteiger partial charge is 0.377 e. The molecule has 0 aliphatic carbocycles. The first-order chi connectivity index (χ1) is 8.50. The summed E-state index contributed by atoms with van der Waals surface area (Å²) >= 11 is 1.53.